The monoisotopic (exact) mass is 409 g/mol. The lowest BCUT2D eigenvalue weighted by Gasteiger charge is -2.18. The van der Waals surface area contributed by atoms with Crippen molar-refractivity contribution in [2.24, 2.45) is 5.41 Å². The molecule has 0 atom stereocenters. The number of carboxylic acids is 1. The molecule has 152 valence electrons. The third-order valence-corrected chi connectivity index (χ3v) is 4.58. The molecule has 0 spiro atoms. The number of ether oxygens (including phenoxy) is 1. The molecular weight excluding hydrogens is 385 g/mol. The van der Waals surface area contributed by atoms with Gasteiger partial charge in [0.25, 0.3) is 0 Å². The highest BCUT2D eigenvalue weighted by molar-refractivity contribution is 7.11. The first-order chi connectivity index (χ1) is 13.1. The van der Waals surface area contributed by atoms with Crippen LogP contribution in [0.25, 0.3) is 0 Å². The first-order valence-corrected chi connectivity index (χ1v) is 9.50. The predicted molar refractivity (Wildman–Crippen MR) is 106 cm³/mol. The molecule has 7 nitrogen and oxygen atoms in total. The van der Waals surface area contributed by atoms with Gasteiger partial charge in [-0.05, 0) is 41.9 Å². The van der Waals surface area contributed by atoms with E-state index in [2.05, 4.69) is 35.8 Å². The number of urea groups is 1. The number of hydrogen-bond donors (Lipinski definition) is 3. The van der Waals surface area contributed by atoms with Gasteiger partial charge in [0.05, 0.1) is 0 Å². The number of anilines is 1. The zero-order valence-electron chi connectivity index (χ0n) is 16.3. The molecule has 9 heteroatoms. The average molecular weight is 409 g/mol. The Morgan fingerprint density at radius 3 is 2.64 bits per heavy atom. The topological polar surface area (TPSA) is 101 Å². The van der Waals surface area contributed by atoms with E-state index in [1.54, 1.807) is 19.1 Å². The second kappa shape index (κ2) is 9.01. The molecule has 0 aliphatic rings. The molecule has 0 aliphatic carbocycles. The number of carboxylic acid groups (broad SMARTS) is 1. The minimum absolute atomic E-state index is 0.0557. The van der Waals surface area contributed by atoms with Crippen LogP contribution in [-0.2, 0) is 6.61 Å². The van der Waals surface area contributed by atoms with Gasteiger partial charge < -0.3 is 15.2 Å². The average Bonchev–Trinajstić information content (AvgIpc) is 2.95. The zero-order valence-corrected chi connectivity index (χ0v) is 17.1. The number of aromatic nitrogens is 1. The van der Waals surface area contributed by atoms with E-state index in [1.165, 1.54) is 6.07 Å². The highest BCUT2D eigenvalue weighted by Gasteiger charge is 2.24. The lowest BCUT2D eigenvalue weighted by molar-refractivity contribution is 0.0693. The van der Waals surface area contributed by atoms with Gasteiger partial charge in [0.2, 0.25) is 5.88 Å². The van der Waals surface area contributed by atoms with Crippen LogP contribution in [0.5, 0.6) is 5.88 Å². The quantitative estimate of drug-likeness (QED) is 0.628. The number of hydrogen-bond acceptors (Lipinski definition) is 5. The molecule has 0 aliphatic heterocycles. The van der Waals surface area contributed by atoms with Crippen LogP contribution in [0.3, 0.4) is 0 Å². The number of nitrogens with zero attached hydrogens (tertiary/aromatic N) is 1. The van der Waals surface area contributed by atoms with Crippen molar-refractivity contribution in [3.63, 3.8) is 0 Å². The van der Waals surface area contributed by atoms with Crippen molar-refractivity contribution < 1.29 is 23.8 Å². The van der Waals surface area contributed by atoms with Crippen molar-refractivity contribution in [1.82, 2.24) is 9.69 Å². The summed E-state index contributed by atoms with van der Waals surface area (Å²) in [6.07, 6.45) is 0.769. The number of aryl methyl sites for hydroxylation is 1. The summed E-state index contributed by atoms with van der Waals surface area (Å²) >= 11 is 0.792. The summed E-state index contributed by atoms with van der Waals surface area (Å²) in [6.45, 7) is 8.21. The Bertz CT molecular complexity index is 861. The van der Waals surface area contributed by atoms with Gasteiger partial charge in [-0.3, -0.25) is 5.32 Å². The molecule has 0 unspecified atom stereocenters. The number of carbonyl (C=O) groups is 2. The molecule has 28 heavy (non-hydrogen) atoms. The number of carbonyl (C=O) groups excluding carboxylic acids is 1. The Morgan fingerprint density at radius 1 is 1.32 bits per heavy atom. The fourth-order valence-corrected chi connectivity index (χ4v) is 2.98. The third kappa shape index (κ3) is 6.19. The Labute approximate surface area is 167 Å². The molecule has 2 amide bonds. The molecule has 1 heterocycles. The van der Waals surface area contributed by atoms with Crippen LogP contribution in [0.1, 0.15) is 48.7 Å². The zero-order chi connectivity index (χ0) is 20.9. The summed E-state index contributed by atoms with van der Waals surface area (Å²) in [5.41, 5.74) is 0.856. The maximum absolute atomic E-state index is 13.9. The van der Waals surface area contributed by atoms with Gasteiger partial charge in [0, 0.05) is 12.1 Å². The fraction of sp³-hybridized carbons (Fsp3) is 0.421. The molecule has 0 radical (unpaired) electrons. The molecule has 2 rings (SSSR count). The smallest absolute Gasteiger partial charge is 0.344 e. The summed E-state index contributed by atoms with van der Waals surface area (Å²) < 4.78 is 23.3. The van der Waals surface area contributed by atoms with Crippen molar-refractivity contribution in [2.75, 3.05) is 11.9 Å². The van der Waals surface area contributed by atoms with Gasteiger partial charge in [-0.2, -0.15) is 4.37 Å². The van der Waals surface area contributed by atoms with E-state index in [0.717, 1.165) is 23.5 Å². The normalized spacial score (nSPS) is 11.2. The molecule has 0 saturated carbocycles. The van der Waals surface area contributed by atoms with Crippen molar-refractivity contribution >= 4 is 28.5 Å². The first-order valence-electron chi connectivity index (χ1n) is 8.72. The summed E-state index contributed by atoms with van der Waals surface area (Å²) in [7, 11) is 0. The highest BCUT2D eigenvalue weighted by Crippen LogP contribution is 2.31. The van der Waals surface area contributed by atoms with Crippen LogP contribution in [0.15, 0.2) is 18.2 Å². The van der Waals surface area contributed by atoms with Crippen LogP contribution in [0.2, 0.25) is 0 Å². The number of halogens is 1. The van der Waals surface area contributed by atoms with Crippen LogP contribution >= 0.6 is 11.5 Å². The number of nitrogens with one attached hydrogen (secondary N) is 2. The van der Waals surface area contributed by atoms with Gasteiger partial charge in [-0.25, -0.2) is 14.0 Å². The Balaban J connectivity index is 2.04. The van der Waals surface area contributed by atoms with Crippen LogP contribution in [-0.4, -0.2) is 28.0 Å². The minimum atomic E-state index is -1.29. The third-order valence-electron chi connectivity index (χ3n) is 3.84. The lowest BCUT2D eigenvalue weighted by atomic mass is 9.92. The van der Waals surface area contributed by atoms with Crippen molar-refractivity contribution in [1.29, 1.82) is 0 Å². The van der Waals surface area contributed by atoms with E-state index >= 15 is 0 Å². The van der Waals surface area contributed by atoms with Crippen LogP contribution < -0.4 is 15.4 Å². The summed E-state index contributed by atoms with van der Waals surface area (Å²) in [6, 6.07) is 4.15. The summed E-state index contributed by atoms with van der Waals surface area (Å²) in [4.78, 5) is 23.6. The van der Waals surface area contributed by atoms with Crippen LogP contribution in [0.4, 0.5) is 14.2 Å². The molecule has 1 aromatic heterocycles. The second-order valence-corrected chi connectivity index (χ2v) is 8.35. The van der Waals surface area contributed by atoms with Gasteiger partial charge in [-0.1, -0.05) is 32.9 Å². The van der Waals surface area contributed by atoms with Crippen molar-refractivity contribution in [3.05, 3.63) is 40.7 Å². The van der Waals surface area contributed by atoms with Crippen molar-refractivity contribution in [2.45, 2.75) is 40.7 Å². The van der Waals surface area contributed by atoms with Gasteiger partial charge >= 0.3 is 12.0 Å². The van der Waals surface area contributed by atoms with E-state index in [4.69, 9.17) is 4.74 Å². The number of aromatic carboxylic acids is 1. The second-order valence-electron chi connectivity index (χ2n) is 7.57. The largest absolute Gasteiger partial charge is 0.477 e. The van der Waals surface area contributed by atoms with E-state index < -0.39 is 17.8 Å². The fourth-order valence-electron chi connectivity index (χ4n) is 2.26. The Kier molecular flexibility index (Phi) is 6.95. The summed E-state index contributed by atoms with van der Waals surface area (Å²) in [5, 5.41) is 14.7. The molecule has 0 bridgehead atoms. The maximum atomic E-state index is 13.9. The van der Waals surface area contributed by atoms with Gasteiger partial charge in [-0.15, -0.1) is 0 Å². The molecule has 2 aromatic rings. The van der Waals surface area contributed by atoms with E-state index in [0.29, 0.717) is 6.54 Å². The van der Waals surface area contributed by atoms with Gasteiger partial charge in [0.1, 0.15) is 17.4 Å². The highest BCUT2D eigenvalue weighted by atomic mass is 32.1. The molecule has 0 saturated heterocycles. The van der Waals surface area contributed by atoms with Crippen molar-refractivity contribution in [3.8, 4) is 5.88 Å². The van der Waals surface area contributed by atoms with Gasteiger partial charge in [0.15, 0.2) is 5.56 Å². The molecular formula is C19H24FN3O4S. The SMILES string of the molecule is Cc1ccc(COc2nsc(NC(=O)NCCC(C)(C)C)c2C(=O)O)c(F)c1. The minimum Gasteiger partial charge on any atom is -0.477 e. The standard InChI is InChI=1S/C19H24FN3O4S/c1-11-5-6-12(13(20)9-11)10-27-15-14(17(24)25)16(28-23-15)22-18(26)21-8-7-19(2,3)4/h5-6,9H,7-8,10H2,1-4H3,(H,24,25)(H2,21,22,26). The van der Waals surface area contributed by atoms with E-state index in [9.17, 15) is 19.1 Å². The Hall–Kier alpha value is -2.68. The molecule has 0 fully saturated rings. The van der Waals surface area contributed by atoms with Crippen LogP contribution in [0, 0.1) is 18.2 Å². The summed E-state index contributed by atoms with van der Waals surface area (Å²) in [5.74, 6) is -1.90. The molecule has 1 aromatic carbocycles. The maximum Gasteiger partial charge on any atom is 0.344 e. The lowest BCUT2D eigenvalue weighted by Crippen LogP contribution is -2.31. The van der Waals surface area contributed by atoms with E-state index in [1.807, 2.05) is 0 Å². The predicted octanol–water partition coefficient (Wildman–Crippen LogP) is 4.43. The Morgan fingerprint density at radius 2 is 2.04 bits per heavy atom. The number of rotatable bonds is 7. The number of benzene rings is 1. The first kappa shape index (κ1) is 21.6. The molecule has 3 N–H and O–H groups in total. The van der Waals surface area contributed by atoms with E-state index in [-0.39, 0.29) is 34.0 Å². The number of amides is 2.